The first kappa shape index (κ1) is 9.46. The Morgan fingerprint density at radius 3 is 3.00 bits per heavy atom. The molecule has 1 aromatic carbocycles. The first-order valence-corrected chi connectivity index (χ1v) is 5.81. The van der Waals surface area contributed by atoms with Crippen molar-refractivity contribution < 1.29 is 4.42 Å². The molecule has 0 atom stereocenters. The van der Waals surface area contributed by atoms with E-state index in [-0.39, 0.29) is 0 Å². The predicted molar refractivity (Wildman–Crippen MR) is 62.5 cm³/mol. The lowest BCUT2D eigenvalue weighted by molar-refractivity contribution is 0.575. The van der Waals surface area contributed by atoms with Gasteiger partial charge in [-0.25, -0.2) is 0 Å². The maximum absolute atomic E-state index is 5.80. The molecule has 14 heavy (non-hydrogen) atoms. The van der Waals surface area contributed by atoms with Gasteiger partial charge in [-0.1, -0.05) is 19.1 Å². The van der Waals surface area contributed by atoms with Crippen LogP contribution in [0, 0.1) is 0 Å². The van der Waals surface area contributed by atoms with Gasteiger partial charge in [-0.15, -0.1) is 0 Å². The summed E-state index contributed by atoms with van der Waals surface area (Å²) in [4.78, 5) is 0. The number of anilines is 1. The monoisotopic (exact) mass is 207 g/mol. The average Bonchev–Trinajstić information content (AvgIpc) is 2.59. The van der Waals surface area contributed by atoms with E-state index in [4.69, 9.17) is 10.2 Å². The fourth-order valence-electron chi connectivity index (χ4n) is 1.41. The van der Waals surface area contributed by atoms with Crippen LogP contribution < -0.4 is 5.73 Å². The van der Waals surface area contributed by atoms with Gasteiger partial charge in [-0.3, -0.25) is 0 Å². The summed E-state index contributed by atoms with van der Waals surface area (Å²) in [7, 11) is 0. The fourth-order valence-corrected chi connectivity index (χ4v) is 1.96. The van der Waals surface area contributed by atoms with E-state index in [1.54, 1.807) is 0 Å². The summed E-state index contributed by atoms with van der Waals surface area (Å²) in [5.41, 5.74) is 7.33. The average molecular weight is 207 g/mol. The molecule has 0 fully saturated rings. The molecule has 0 saturated carbocycles. The van der Waals surface area contributed by atoms with Crippen LogP contribution in [0.3, 0.4) is 0 Å². The standard InChI is InChI=1S/C11H13NOS/c1-2-14-7-9-6-8-4-3-5-10(12)11(8)13-9/h3-6H,2,7,12H2,1H3. The van der Waals surface area contributed by atoms with Crippen LogP contribution in [0.25, 0.3) is 11.0 Å². The minimum absolute atomic E-state index is 0.718. The Morgan fingerprint density at radius 2 is 2.29 bits per heavy atom. The van der Waals surface area contributed by atoms with Gasteiger partial charge in [0, 0.05) is 5.39 Å². The first-order valence-electron chi connectivity index (χ1n) is 4.66. The summed E-state index contributed by atoms with van der Waals surface area (Å²) >= 11 is 1.85. The highest BCUT2D eigenvalue weighted by molar-refractivity contribution is 7.98. The maximum atomic E-state index is 5.80. The van der Waals surface area contributed by atoms with Crippen LogP contribution in [-0.4, -0.2) is 5.75 Å². The van der Waals surface area contributed by atoms with Gasteiger partial charge in [0.25, 0.3) is 0 Å². The van der Waals surface area contributed by atoms with Gasteiger partial charge in [0.1, 0.15) is 5.76 Å². The fraction of sp³-hybridized carbons (Fsp3) is 0.273. The Balaban J connectivity index is 2.36. The van der Waals surface area contributed by atoms with Crippen molar-refractivity contribution in [3.8, 4) is 0 Å². The minimum Gasteiger partial charge on any atom is -0.458 e. The third-order valence-electron chi connectivity index (χ3n) is 2.07. The van der Waals surface area contributed by atoms with Crippen molar-refractivity contribution in [1.82, 2.24) is 0 Å². The summed E-state index contributed by atoms with van der Waals surface area (Å²) in [5, 5.41) is 1.09. The second-order valence-electron chi connectivity index (χ2n) is 3.12. The number of nitrogens with two attached hydrogens (primary N) is 1. The lowest BCUT2D eigenvalue weighted by atomic mass is 10.2. The quantitative estimate of drug-likeness (QED) is 0.785. The molecular weight excluding hydrogens is 194 g/mol. The Hall–Kier alpha value is -1.09. The molecular formula is C11H13NOS. The van der Waals surface area contributed by atoms with Crippen molar-refractivity contribution >= 4 is 28.4 Å². The van der Waals surface area contributed by atoms with Gasteiger partial charge in [0.2, 0.25) is 0 Å². The van der Waals surface area contributed by atoms with Gasteiger partial charge >= 0.3 is 0 Å². The number of nitrogen functional groups attached to an aromatic ring is 1. The Labute approximate surface area is 87.5 Å². The summed E-state index contributed by atoms with van der Waals surface area (Å²) in [6.07, 6.45) is 0. The SMILES string of the molecule is CCSCc1cc2cccc(N)c2o1. The largest absolute Gasteiger partial charge is 0.458 e. The van der Waals surface area contributed by atoms with Crippen LogP contribution in [0.15, 0.2) is 28.7 Å². The zero-order chi connectivity index (χ0) is 9.97. The van der Waals surface area contributed by atoms with Crippen molar-refractivity contribution in [2.24, 2.45) is 0 Å². The van der Waals surface area contributed by atoms with Crippen molar-refractivity contribution in [1.29, 1.82) is 0 Å². The lowest BCUT2D eigenvalue weighted by Gasteiger charge is -1.93. The highest BCUT2D eigenvalue weighted by Crippen LogP contribution is 2.26. The van der Waals surface area contributed by atoms with Crippen LogP contribution in [0.2, 0.25) is 0 Å². The molecule has 0 spiro atoms. The number of furan rings is 1. The van der Waals surface area contributed by atoms with Crippen molar-refractivity contribution in [2.45, 2.75) is 12.7 Å². The number of thioether (sulfide) groups is 1. The number of benzene rings is 1. The van der Waals surface area contributed by atoms with Gasteiger partial charge in [-0.05, 0) is 17.9 Å². The van der Waals surface area contributed by atoms with E-state index in [9.17, 15) is 0 Å². The second-order valence-corrected chi connectivity index (χ2v) is 4.39. The molecule has 3 heteroatoms. The predicted octanol–water partition coefficient (Wildman–Crippen LogP) is 3.27. The van der Waals surface area contributed by atoms with E-state index >= 15 is 0 Å². The smallest absolute Gasteiger partial charge is 0.157 e. The Bertz CT molecular complexity index is 436. The van der Waals surface area contributed by atoms with Crippen LogP contribution >= 0.6 is 11.8 Å². The second kappa shape index (κ2) is 3.96. The molecule has 2 nitrogen and oxygen atoms in total. The highest BCUT2D eigenvalue weighted by Gasteiger charge is 2.05. The van der Waals surface area contributed by atoms with Gasteiger partial charge in [0.15, 0.2) is 5.58 Å². The molecule has 0 radical (unpaired) electrons. The molecule has 1 heterocycles. The number of hydrogen-bond donors (Lipinski definition) is 1. The van der Waals surface area contributed by atoms with Gasteiger partial charge in [0.05, 0.1) is 11.4 Å². The van der Waals surface area contributed by atoms with Crippen molar-refractivity contribution in [3.63, 3.8) is 0 Å². The zero-order valence-corrected chi connectivity index (χ0v) is 8.93. The van der Waals surface area contributed by atoms with Gasteiger partial charge in [-0.2, -0.15) is 11.8 Å². The number of rotatable bonds is 3. The molecule has 2 rings (SSSR count). The van der Waals surface area contributed by atoms with E-state index < -0.39 is 0 Å². The number of hydrogen-bond acceptors (Lipinski definition) is 3. The molecule has 0 bridgehead atoms. The molecule has 0 unspecified atom stereocenters. The lowest BCUT2D eigenvalue weighted by Crippen LogP contribution is -1.82. The molecule has 2 N–H and O–H groups in total. The molecule has 2 aromatic rings. The highest BCUT2D eigenvalue weighted by atomic mass is 32.2. The van der Waals surface area contributed by atoms with E-state index in [0.29, 0.717) is 0 Å². The normalized spacial score (nSPS) is 10.9. The first-order chi connectivity index (χ1) is 6.81. The molecule has 1 aromatic heterocycles. The van der Waals surface area contributed by atoms with Crippen molar-refractivity contribution in [2.75, 3.05) is 11.5 Å². The molecule has 0 saturated heterocycles. The van der Waals surface area contributed by atoms with Crippen molar-refractivity contribution in [3.05, 3.63) is 30.0 Å². The number of para-hydroxylation sites is 1. The van der Waals surface area contributed by atoms with Crippen LogP contribution in [0.5, 0.6) is 0 Å². The topological polar surface area (TPSA) is 39.2 Å². The number of fused-ring (bicyclic) bond motifs is 1. The maximum Gasteiger partial charge on any atom is 0.157 e. The van der Waals surface area contributed by atoms with Crippen LogP contribution in [0.1, 0.15) is 12.7 Å². The molecule has 0 aliphatic rings. The Morgan fingerprint density at radius 1 is 1.43 bits per heavy atom. The molecule has 0 amide bonds. The third-order valence-corrected chi connectivity index (χ3v) is 2.97. The summed E-state index contributed by atoms with van der Waals surface area (Å²) in [5.74, 6) is 3.03. The minimum atomic E-state index is 0.718. The summed E-state index contributed by atoms with van der Waals surface area (Å²) in [6, 6.07) is 7.90. The molecule has 0 aliphatic carbocycles. The van der Waals surface area contributed by atoms with E-state index in [1.807, 2.05) is 30.0 Å². The summed E-state index contributed by atoms with van der Waals surface area (Å²) < 4.78 is 5.66. The zero-order valence-electron chi connectivity index (χ0n) is 8.12. The van der Waals surface area contributed by atoms with E-state index in [1.165, 1.54) is 0 Å². The third kappa shape index (κ3) is 1.73. The van der Waals surface area contributed by atoms with Crippen LogP contribution in [-0.2, 0) is 5.75 Å². The van der Waals surface area contributed by atoms with E-state index in [2.05, 4.69) is 13.0 Å². The molecule has 74 valence electrons. The van der Waals surface area contributed by atoms with E-state index in [0.717, 1.165) is 33.9 Å². The molecule has 0 aliphatic heterocycles. The Kier molecular flexibility index (Phi) is 2.68. The van der Waals surface area contributed by atoms with Gasteiger partial charge < -0.3 is 10.2 Å². The van der Waals surface area contributed by atoms with Crippen LogP contribution in [0.4, 0.5) is 5.69 Å². The summed E-state index contributed by atoms with van der Waals surface area (Å²) in [6.45, 7) is 2.14.